The van der Waals surface area contributed by atoms with Crippen molar-refractivity contribution in [2.45, 2.75) is 91.0 Å². The quantitative estimate of drug-likeness (QED) is 0.252. The van der Waals surface area contributed by atoms with Gasteiger partial charge in [0.2, 0.25) is 0 Å². The predicted octanol–water partition coefficient (Wildman–Crippen LogP) is 8.26. The van der Waals surface area contributed by atoms with Crippen molar-refractivity contribution in [3.05, 3.63) is 76.2 Å². The highest BCUT2D eigenvalue weighted by molar-refractivity contribution is 6.31. The summed E-state index contributed by atoms with van der Waals surface area (Å²) in [6.45, 7) is 15.2. The number of pyridine rings is 1. The van der Waals surface area contributed by atoms with E-state index in [1.807, 2.05) is 12.3 Å². The Bertz CT molecular complexity index is 1240. The van der Waals surface area contributed by atoms with Gasteiger partial charge in [-0.15, -0.1) is 0 Å². The summed E-state index contributed by atoms with van der Waals surface area (Å²) in [4.78, 5) is 7.01. The van der Waals surface area contributed by atoms with Gasteiger partial charge < -0.3 is 10.6 Å². The minimum absolute atomic E-state index is 0.228. The molecule has 6 heteroatoms. The number of nitrogens with two attached hydrogens (primary N) is 1. The molecule has 0 radical (unpaired) electrons. The topological polar surface area (TPSA) is 60.0 Å². The molecule has 38 heavy (non-hydrogen) atoms. The number of halogens is 1. The van der Waals surface area contributed by atoms with Crippen molar-refractivity contribution in [1.82, 2.24) is 19.7 Å². The van der Waals surface area contributed by atoms with Gasteiger partial charge in [0.1, 0.15) is 5.82 Å². The Morgan fingerprint density at radius 2 is 1.92 bits per heavy atom. The zero-order chi connectivity index (χ0) is 27.2. The molecular formula is C32H44ClN5. The molecule has 0 bridgehead atoms. The van der Waals surface area contributed by atoms with Gasteiger partial charge >= 0.3 is 0 Å². The number of rotatable bonds is 11. The van der Waals surface area contributed by atoms with Crippen LogP contribution in [-0.4, -0.2) is 32.8 Å². The number of nitrogens with zero attached hydrogens (tertiary/aromatic N) is 4. The minimum atomic E-state index is 0.228. The van der Waals surface area contributed by atoms with Gasteiger partial charge in [0.25, 0.3) is 0 Å². The number of benzene rings is 1. The third-order valence-corrected chi connectivity index (χ3v) is 8.59. The van der Waals surface area contributed by atoms with Crippen LogP contribution >= 0.6 is 11.6 Å². The van der Waals surface area contributed by atoms with Crippen LogP contribution in [-0.2, 0) is 6.42 Å². The van der Waals surface area contributed by atoms with E-state index >= 15 is 0 Å². The number of allylic oxidation sites excluding steroid dienone is 1. The summed E-state index contributed by atoms with van der Waals surface area (Å²) >= 11 is 6.60. The number of nitrogen functional groups attached to an aromatic ring is 1. The smallest absolute Gasteiger partial charge is 0.126 e. The highest BCUT2D eigenvalue weighted by atomic mass is 35.5. The summed E-state index contributed by atoms with van der Waals surface area (Å²) in [5.41, 5.74) is 14.3. The van der Waals surface area contributed by atoms with Crippen molar-refractivity contribution in [3.8, 4) is 11.3 Å². The first kappa shape index (κ1) is 28.2. The fraction of sp³-hybridized carbons (Fsp3) is 0.500. The largest absolute Gasteiger partial charge is 0.383 e. The second-order valence-electron chi connectivity index (χ2n) is 11.1. The molecule has 204 valence electrons. The van der Waals surface area contributed by atoms with Crippen LogP contribution in [0.3, 0.4) is 0 Å². The Morgan fingerprint density at radius 1 is 1.16 bits per heavy atom. The number of aryl methyl sites for hydroxylation is 1. The monoisotopic (exact) mass is 533 g/mol. The van der Waals surface area contributed by atoms with Gasteiger partial charge in [0.05, 0.1) is 11.7 Å². The lowest BCUT2D eigenvalue weighted by Crippen LogP contribution is -2.34. The van der Waals surface area contributed by atoms with Gasteiger partial charge in [-0.05, 0) is 92.3 Å². The first-order valence-corrected chi connectivity index (χ1v) is 14.6. The molecule has 1 atom stereocenters. The Kier molecular flexibility index (Phi) is 9.54. The number of hydrogen-bond acceptors (Lipinski definition) is 4. The van der Waals surface area contributed by atoms with Crippen LogP contribution in [0.15, 0.2) is 48.9 Å². The van der Waals surface area contributed by atoms with Crippen LogP contribution < -0.4 is 5.73 Å². The van der Waals surface area contributed by atoms with E-state index < -0.39 is 0 Å². The van der Waals surface area contributed by atoms with Crippen molar-refractivity contribution in [1.29, 1.82) is 0 Å². The van der Waals surface area contributed by atoms with E-state index in [0.29, 0.717) is 11.9 Å². The Labute approximate surface area is 234 Å². The van der Waals surface area contributed by atoms with Crippen LogP contribution in [0.4, 0.5) is 5.82 Å². The molecular weight excluding hydrogens is 490 g/mol. The lowest BCUT2D eigenvalue weighted by Gasteiger charge is -2.35. The van der Waals surface area contributed by atoms with Gasteiger partial charge in [0, 0.05) is 41.8 Å². The molecule has 0 aliphatic carbocycles. The second-order valence-corrected chi connectivity index (χ2v) is 11.5. The van der Waals surface area contributed by atoms with Gasteiger partial charge in [-0.2, -0.15) is 5.10 Å². The summed E-state index contributed by atoms with van der Waals surface area (Å²) in [6.07, 6.45) is 13.2. The number of aromatic nitrogens is 3. The number of hydrogen-bond donors (Lipinski definition) is 1. The summed E-state index contributed by atoms with van der Waals surface area (Å²) in [5, 5.41) is 5.78. The van der Waals surface area contributed by atoms with E-state index in [-0.39, 0.29) is 5.92 Å². The molecule has 5 nitrogen and oxygen atoms in total. The van der Waals surface area contributed by atoms with Crippen molar-refractivity contribution in [2.24, 2.45) is 0 Å². The molecule has 1 saturated heterocycles. The molecule has 3 heterocycles. The maximum Gasteiger partial charge on any atom is 0.126 e. The van der Waals surface area contributed by atoms with Crippen LogP contribution in [0.25, 0.3) is 11.3 Å². The van der Waals surface area contributed by atoms with Crippen LogP contribution in [0, 0.1) is 13.8 Å². The highest BCUT2D eigenvalue weighted by Crippen LogP contribution is 2.34. The number of unbranched alkanes of at least 4 members (excludes halogenated alkanes) is 3. The van der Waals surface area contributed by atoms with E-state index in [1.165, 1.54) is 48.1 Å². The number of anilines is 1. The Morgan fingerprint density at radius 3 is 2.66 bits per heavy atom. The zero-order valence-electron chi connectivity index (χ0n) is 23.6. The summed E-state index contributed by atoms with van der Waals surface area (Å²) < 4.78 is 2.14. The number of likely N-dealkylation sites (tertiary alicyclic amines) is 1. The summed E-state index contributed by atoms with van der Waals surface area (Å²) in [7, 11) is 0. The van der Waals surface area contributed by atoms with E-state index in [4.69, 9.17) is 22.4 Å². The lowest BCUT2D eigenvalue weighted by atomic mass is 9.88. The molecule has 0 amide bonds. The van der Waals surface area contributed by atoms with Gasteiger partial charge in [-0.1, -0.05) is 57.4 Å². The van der Waals surface area contributed by atoms with Gasteiger partial charge in [-0.25, -0.2) is 4.98 Å². The van der Waals surface area contributed by atoms with Gasteiger partial charge in [0.15, 0.2) is 0 Å². The Balaban J connectivity index is 1.40. The van der Waals surface area contributed by atoms with Crippen LogP contribution in [0.5, 0.6) is 0 Å². The average molecular weight is 534 g/mol. The molecule has 1 aromatic carbocycles. The van der Waals surface area contributed by atoms with E-state index in [0.717, 1.165) is 60.6 Å². The zero-order valence-corrected chi connectivity index (χ0v) is 24.4. The molecule has 1 unspecified atom stereocenters. The third kappa shape index (κ3) is 6.61. The standard InChI is InChI=1S/C32H44ClN5/c1-6-7-8-9-10-24(4)37-16-13-28(14-17-37)38-18-15-30(36-38)27-20-26(32(34)35-21-27)19-23(3)31-25(5)22(2)11-12-29(31)33/h11-12,15,18,20-21,23,28H,4,6-10,13-14,16-17,19H2,1-3,5H3,(H2,34,35). The van der Waals surface area contributed by atoms with Crippen molar-refractivity contribution < 1.29 is 0 Å². The molecule has 2 N–H and O–H groups in total. The molecule has 0 saturated carbocycles. The molecule has 1 fully saturated rings. The van der Waals surface area contributed by atoms with Crippen molar-refractivity contribution >= 4 is 17.4 Å². The Hall–Kier alpha value is -2.79. The fourth-order valence-electron chi connectivity index (χ4n) is 5.72. The summed E-state index contributed by atoms with van der Waals surface area (Å²) in [5.74, 6) is 0.801. The first-order chi connectivity index (χ1) is 18.3. The van der Waals surface area contributed by atoms with E-state index in [1.54, 1.807) is 0 Å². The molecule has 0 spiro atoms. The molecule has 3 aromatic rings. The van der Waals surface area contributed by atoms with Crippen molar-refractivity contribution in [2.75, 3.05) is 18.8 Å². The normalized spacial score (nSPS) is 15.1. The van der Waals surface area contributed by atoms with Crippen LogP contribution in [0.1, 0.15) is 93.0 Å². The maximum absolute atomic E-state index is 6.60. The number of piperidine rings is 1. The predicted molar refractivity (Wildman–Crippen MR) is 161 cm³/mol. The maximum atomic E-state index is 6.60. The molecule has 2 aromatic heterocycles. The molecule has 1 aliphatic rings. The molecule has 4 rings (SSSR count). The minimum Gasteiger partial charge on any atom is -0.383 e. The van der Waals surface area contributed by atoms with Gasteiger partial charge in [-0.3, -0.25) is 4.68 Å². The fourth-order valence-corrected chi connectivity index (χ4v) is 6.11. The average Bonchev–Trinajstić information content (AvgIpc) is 3.41. The summed E-state index contributed by atoms with van der Waals surface area (Å²) in [6, 6.07) is 8.74. The second kappa shape index (κ2) is 12.8. The van der Waals surface area contributed by atoms with E-state index in [2.05, 4.69) is 73.2 Å². The lowest BCUT2D eigenvalue weighted by molar-refractivity contribution is 0.213. The SMILES string of the molecule is C=C(CCCCCC)N1CCC(n2ccc(-c3cnc(N)c(CC(C)c4c(Cl)ccc(C)c4C)c3)n2)CC1. The molecule has 1 aliphatic heterocycles. The first-order valence-electron chi connectivity index (χ1n) is 14.3. The van der Waals surface area contributed by atoms with Crippen molar-refractivity contribution in [3.63, 3.8) is 0 Å². The van der Waals surface area contributed by atoms with E-state index in [9.17, 15) is 0 Å². The van der Waals surface area contributed by atoms with Crippen LogP contribution in [0.2, 0.25) is 5.02 Å². The third-order valence-electron chi connectivity index (χ3n) is 8.26. The highest BCUT2D eigenvalue weighted by Gasteiger charge is 2.22.